The molecule has 12 heteroatoms. The second-order valence-electron chi connectivity index (χ2n) is 9.82. The number of carbonyl (C=O) groups is 1. The lowest BCUT2D eigenvalue weighted by molar-refractivity contribution is 0.122. The lowest BCUT2D eigenvalue weighted by atomic mass is 10.0. The number of carbonyl (C=O) groups excluding carboxylic acids is 1. The van der Waals surface area contributed by atoms with Crippen molar-refractivity contribution in [1.82, 2.24) is 19.4 Å². The van der Waals surface area contributed by atoms with E-state index in [2.05, 4.69) is 43.6 Å². The number of urea groups is 1. The van der Waals surface area contributed by atoms with Gasteiger partial charge in [0.2, 0.25) is 10.0 Å². The largest absolute Gasteiger partial charge is 0.457 e. The molecule has 2 aromatic carbocycles. The summed E-state index contributed by atoms with van der Waals surface area (Å²) in [5.74, 6) is 1.34. The zero-order chi connectivity index (χ0) is 27.8. The van der Waals surface area contributed by atoms with Crippen LogP contribution in [0.3, 0.4) is 0 Å². The number of sulfonamides is 1. The molecule has 0 bridgehead atoms. The van der Waals surface area contributed by atoms with Crippen molar-refractivity contribution in [3.05, 3.63) is 59.8 Å². The first-order valence-corrected chi connectivity index (χ1v) is 15.8. The average Bonchev–Trinajstić information content (AvgIpc) is 3.30. The molecule has 2 amide bonds. The molecule has 39 heavy (non-hydrogen) atoms. The molecule has 10 nitrogen and oxygen atoms in total. The first kappa shape index (κ1) is 28.8. The van der Waals surface area contributed by atoms with E-state index in [9.17, 15) is 13.2 Å². The van der Waals surface area contributed by atoms with Crippen molar-refractivity contribution in [2.45, 2.75) is 52.1 Å². The van der Waals surface area contributed by atoms with Gasteiger partial charge in [-0.3, -0.25) is 14.9 Å². The zero-order valence-electron chi connectivity index (χ0n) is 22.6. The number of unbranched alkanes of at least 4 members (excludes halogenated alkanes) is 1. The molecular weight excluding hydrogens is 536 g/mol. The summed E-state index contributed by atoms with van der Waals surface area (Å²) in [6.07, 6.45) is 5.00. The van der Waals surface area contributed by atoms with Crippen molar-refractivity contribution in [3.63, 3.8) is 0 Å². The van der Waals surface area contributed by atoms with E-state index in [0.29, 0.717) is 22.2 Å². The van der Waals surface area contributed by atoms with Crippen molar-refractivity contribution in [2.75, 3.05) is 35.9 Å². The molecule has 0 radical (unpaired) electrons. The van der Waals surface area contributed by atoms with E-state index in [1.807, 2.05) is 24.0 Å². The maximum absolute atomic E-state index is 13.1. The van der Waals surface area contributed by atoms with Gasteiger partial charge in [0.25, 0.3) is 0 Å². The van der Waals surface area contributed by atoms with Gasteiger partial charge in [0, 0.05) is 49.4 Å². The molecule has 0 aliphatic carbocycles. The van der Waals surface area contributed by atoms with Crippen LogP contribution in [0.4, 0.5) is 15.5 Å². The van der Waals surface area contributed by atoms with Crippen molar-refractivity contribution in [3.8, 4) is 11.5 Å². The number of piperidine rings is 1. The third kappa shape index (κ3) is 8.64. The molecule has 1 aromatic heterocycles. The van der Waals surface area contributed by atoms with Gasteiger partial charge in [0.15, 0.2) is 0 Å². The molecule has 1 aliphatic heterocycles. The molecule has 0 unspecified atom stereocenters. The third-order valence-electron chi connectivity index (χ3n) is 6.61. The summed E-state index contributed by atoms with van der Waals surface area (Å²) in [6.45, 7) is 7.43. The number of anilines is 2. The average molecular weight is 573 g/mol. The Morgan fingerprint density at radius 2 is 1.74 bits per heavy atom. The first-order chi connectivity index (χ1) is 18.7. The highest BCUT2D eigenvalue weighted by molar-refractivity contribution is 7.92. The van der Waals surface area contributed by atoms with Gasteiger partial charge in [0.1, 0.15) is 16.5 Å². The van der Waals surface area contributed by atoms with Crippen molar-refractivity contribution in [1.29, 1.82) is 0 Å². The highest BCUT2D eigenvalue weighted by Crippen LogP contribution is 2.26. The van der Waals surface area contributed by atoms with E-state index >= 15 is 0 Å². The molecule has 0 atom stereocenters. The summed E-state index contributed by atoms with van der Waals surface area (Å²) in [7, 11) is -3.31. The minimum absolute atomic E-state index is 0.0621. The number of ether oxygens (including phenoxy) is 1. The summed E-state index contributed by atoms with van der Waals surface area (Å²) in [4.78, 5) is 17.5. The number of hydrogen-bond acceptors (Lipinski definition) is 8. The van der Waals surface area contributed by atoms with Gasteiger partial charge in [-0.15, -0.1) is 5.10 Å². The van der Waals surface area contributed by atoms with Crippen LogP contribution in [0.25, 0.3) is 0 Å². The molecule has 2 heterocycles. The Balaban J connectivity index is 1.27. The normalized spacial score (nSPS) is 14.6. The highest BCUT2D eigenvalue weighted by atomic mass is 32.2. The SMILES string of the molecule is CCCCN(C(=O)Nc1snnc1C)C1CCN(Cc2ccc(Oc3ccc(NS(C)(=O)=O)cc3)cc2)CC1. The van der Waals surface area contributed by atoms with Crippen LogP contribution in [0.1, 0.15) is 43.9 Å². The Labute approximate surface area is 234 Å². The summed E-state index contributed by atoms with van der Waals surface area (Å²) in [5.41, 5.74) is 2.43. The molecule has 1 fully saturated rings. The zero-order valence-corrected chi connectivity index (χ0v) is 24.2. The number of aryl methyl sites for hydroxylation is 1. The predicted octanol–water partition coefficient (Wildman–Crippen LogP) is 5.31. The molecule has 2 N–H and O–H groups in total. The number of amides is 2. The Hall–Kier alpha value is -3.22. The number of hydrogen-bond donors (Lipinski definition) is 2. The van der Waals surface area contributed by atoms with Crippen LogP contribution < -0.4 is 14.8 Å². The van der Waals surface area contributed by atoms with E-state index in [-0.39, 0.29) is 12.1 Å². The van der Waals surface area contributed by atoms with Gasteiger partial charge < -0.3 is 9.64 Å². The maximum Gasteiger partial charge on any atom is 0.322 e. The van der Waals surface area contributed by atoms with Crippen LogP contribution in [-0.4, -0.2) is 65.8 Å². The van der Waals surface area contributed by atoms with Crippen LogP contribution in [0.5, 0.6) is 11.5 Å². The highest BCUT2D eigenvalue weighted by Gasteiger charge is 2.28. The van der Waals surface area contributed by atoms with Crippen LogP contribution in [0.2, 0.25) is 0 Å². The van der Waals surface area contributed by atoms with E-state index in [1.165, 1.54) is 17.1 Å². The third-order valence-corrected chi connectivity index (χ3v) is 7.96. The van der Waals surface area contributed by atoms with Crippen molar-refractivity contribution >= 4 is 38.3 Å². The fourth-order valence-corrected chi connectivity index (χ4v) is 5.66. The van der Waals surface area contributed by atoms with E-state index in [4.69, 9.17) is 4.74 Å². The minimum atomic E-state index is -3.31. The summed E-state index contributed by atoms with van der Waals surface area (Å²) >= 11 is 1.21. The van der Waals surface area contributed by atoms with Gasteiger partial charge in [-0.2, -0.15) is 0 Å². The van der Waals surface area contributed by atoms with Crippen molar-refractivity contribution in [2.24, 2.45) is 0 Å². The van der Waals surface area contributed by atoms with Crippen LogP contribution in [0.15, 0.2) is 48.5 Å². The molecule has 1 saturated heterocycles. The Kier molecular flexibility index (Phi) is 9.76. The quantitative estimate of drug-likeness (QED) is 0.320. The second-order valence-corrected chi connectivity index (χ2v) is 12.3. The van der Waals surface area contributed by atoms with Crippen LogP contribution in [0, 0.1) is 6.92 Å². The lowest BCUT2D eigenvalue weighted by Gasteiger charge is -2.38. The molecule has 210 valence electrons. The molecule has 0 saturated carbocycles. The summed E-state index contributed by atoms with van der Waals surface area (Å²) in [6, 6.07) is 14.9. The molecule has 1 aliphatic rings. The van der Waals surface area contributed by atoms with Gasteiger partial charge in [0.05, 0.1) is 11.9 Å². The van der Waals surface area contributed by atoms with Crippen molar-refractivity contribution < 1.29 is 17.9 Å². The number of aromatic nitrogens is 2. The number of rotatable bonds is 11. The molecule has 3 aromatic rings. The fourth-order valence-electron chi connectivity index (χ4n) is 4.55. The van der Waals surface area contributed by atoms with E-state index < -0.39 is 10.0 Å². The Morgan fingerprint density at radius 1 is 1.10 bits per heavy atom. The maximum atomic E-state index is 13.1. The minimum Gasteiger partial charge on any atom is -0.457 e. The molecule has 4 rings (SSSR count). The van der Waals surface area contributed by atoms with Gasteiger partial charge >= 0.3 is 6.03 Å². The van der Waals surface area contributed by atoms with Gasteiger partial charge in [-0.25, -0.2) is 13.2 Å². The summed E-state index contributed by atoms with van der Waals surface area (Å²) < 4.78 is 35.0. The smallest absolute Gasteiger partial charge is 0.322 e. The first-order valence-electron chi connectivity index (χ1n) is 13.1. The van der Waals surface area contributed by atoms with Gasteiger partial charge in [-0.1, -0.05) is 30.0 Å². The van der Waals surface area contributed by atoms with Crippen LogP contribution in [-0.2, 0) is 16.6 Å². The monoisotopic (exact) mass is 572 g/mol. The number of benzene rings is 2. The Bertz CT molecular complexity index is 1320. The Morgan fingerprint density at radius 3 is 2.31 bits per heavy atom. The van der Waals surface area contributed by atoms with Crippen LogP contribution >= 0.6 is 11.5 Å². The van der Waals surface area contributed by atoms with Gasteiger partial charge in [-0.05, 0) is 68.1 Å². The lowest BCUT2D eigenvalue weighted by Crippen LogP contribution is -2.49. The number of nitrogens with one attached hydrogen (secondary N) is 2. The molecular formula is C27H36N6O4S2. The second kappa shape index (κ2) is 13.2. The number of likely N-dealkylation sites (tertiary alicyclic amines) is 1. The topological polar surface area (TPSA) is 117 Å². The fraction of sp³-hybridized carbons (Fsp3) is 0.444. The van der Waals surface area contributed by atoms with E-state index in [1.54, 1.807) is 24.3 Å². The van der Waals surface area contributed by atoms with E-state index in [0.717, 1.165) is 63.8 Å². The number of nitrogens with zero attached hydrogens (tertiary/aromatic N) is 4. The standard InChI is InChI=1S/C27H36N6O4S2/c1-4-5-16-33(27(34)28-26-20(2)29-31-38-26)23-14-17-32(18-15-23)19-21-6-10-24(11-7-21)37-25-12-8-22(9-13-25)30-39(3,35)36/h6-13,23,30H,4-5,14-19H2,1-3H3,(H,28,34). The summed E-state index contributed by atoms with van der Waals surface area (Å²) in [5, 5.41) is 7.72. The predicted molar refractivity (Wildman–Crippen MR) is 155 cm³/mol. The molecule has 0 spiro atoms.